The van der Waals surface area contributed by atoms with Gasteiger partial charge in [-0.25, -0.2) is 0 Å². The van der Waals surface area contributed by atoms with Crippen molar-refractivity contribution in [2.45, 2.75) is 78.6 Å². The summed E-state index contributed by atoms with van der Waals surface area (Å²) >= 11 is 0. The molecule has 0 unspecified atom stereocenters. The van der Waals surface area contributed by atoms with Crippen LogP contribution in [0.3, 0.4) is 0 Å². The van der Waals surface area contributed by atoms with Gasteiger partial charge in [0.1, 0.15) is 0 Å². The van der Waals surface area contributed by atoms with Gasteiger partial charge in [-0.1, -0.05) is 50.5 Å². The first kappa shape index (κ1) is 15.5. The summed E-state index contributed by atoms with van der Waals surface area (Å²) in [4.78, 5) is 0. The molecule has 0 N–H and O–H groups in total. The van der Waals surface area contributed by atoms with Crippen LogP contribution in [0.2, 0.25) is 0 Å². The molecule has 1 aliphatic rings. The smallest absolute Gasteiger partial charge is 0.0203 e. The summed E-state index contributed by atoms with van der Waals surface area (Å²) in [5.74, 6) is 1.91. The monoisotopic (exact) mass is 248 g/mol. The minimum atomic E-state index is 0.882. The molecule has 18 heavy (non-hydrogen) atoms. The molecule has 0 aromatic carbocycles. The van der Waals surface area contributed by atoms with Crippen molar-refractivity contribution in [3.63, 3.8) is 0 Å². The minimum absolute atomic E-state index is 0.882. The van der Waals surface area contributed by atoms with Crippen LogP contribution in [0.5, 0.6) is 0 Å². The summed E-state index contributed by atoms with van der Waals surface area (Å²) in [5.41, 5.74) is 3.12. The molecular weight excluding hydrogens is 216 g/mol. The van der Waals surface area contributed by atoms with Gasteiger partial charge >= 0.3 is 0 Å². The maximum absolute atomic E-state index is 4.13. The molecule has 1 saturated carbocycles. The second-order valence-corrected chi connectivity index (χ2v) is 5.97. The number of hydrogen-bond donors (Lipinski definition) is 0. The van der Waals surface area contributed by atoms with Crippen molar-refractivity contribution >= 4 is 0 Å². The zero-order valence-electron chi connectivity index (χ0n) is 12.8. The average Bonchev–Trinajstić information content (AvgIpc) is 2.41. The van der Waals surface area contributed by atoms with E-state index in [0.717, 1.165) is 18.3 Å². The highest BCUT2D eigenvalue weighted by Crippen LogP contribution is 2.37. The summed E-state index contributed by atoms with van der Waals surface area (Å²) in [6.07, 6.45) is 14.6. The molecule has 0 spiro atoms. The molecule has 1 fully saturated rings. The van der Waals surface area contributed by atoms with Gasteiger partial charge < -0.3 is 0 Å². The van der Waals surface area contributed by atoms with Crippen LogP contribution in [-0.2, 0) is 0 Å². The lowest BCUT2D eigenvalue weighted by molar-refractivity contribution is 0.282. The highest BCUT2D eigenvalue weighted by atomic mass is 14.3. The van der Waals surface area contributed by atoms with Crippen molar-refractivity contribution in [3.05, 3.63) is 23.8 Å². The number of hydrogen-bond acceptors (Lipinski definition) is 0. The van der Waals surface area contributed by atoms with Gasteiger partial charge in [0, 0.05) is 0 Å². The van der Waals surface area contributed by atoms with Crippen LogP contribution in [0.25, 0.3) is 0 Å². The van der Waals surface area contributed by atoms with Gasteiger partial charge in [-0.3, -0.25) is 0 Å². The molecule has 0 heterocycles. The van der Waals surface area contributed by atoms with E-state index in [1.807, 2.05) is 0 Å². The summed E-state index contributed by atoms with van der Waals surface area (Å²) in [7, 11) is 0. The topological polar surface area (TPSA) is 0 Å². The summed E-state index contributed by atoms with van der Waals surface area (Å²) < 4.78 is 0. The van der Waals surface area contributed by atoms with E-state index in [2.05, 4.69) is 33.4 Å². The fourth-order valence-electron chi connectivity index (χ4n) is 3.31. The lowest BCUT2D eigenvalue weighted by Crippen LogP contribution is -2.16. The Bertz CT molecular complexity index is 264. The lowest BCUT2D eigenvalue weighted by Gasteiger charge is -2.30. The molecule has 0 nitrogen and oxygen atoms in total. The van der Waals surface area contributed by atoms with E-state index in [1.54, 1.807) is 5.57 Å². The van der Waals surface area contributed by atoms with E-state index in [9.17, 15) is 0 Å². The van der Waals surface area contributed by atoms with Crippen LogP contribution in [0.15, 0.2) is 23.8 Å². The quantitative estimate of drug-likeness (QED) is 0.465. The zero-order chi connectivity index (χ0) is 13.4. The Morgan fingerprint density at radius 1 is 1.11 bits per heavy atom. The van der Waals surface area contributed by atoms with Gasteiger partial charge in [0.05, 0.1) is 0 Å². The molecule has 104 valence electrons. The summed E-state index contributed by atoms with van der Waals surface area (Å²) in [5, 5.41) is 0. The normalized spacial score (nSPS) is 25.2. The minimum Gasteiger partial charge on any atom is -0.0999 e. The van der Waals surface area contributed by atoms with Gasteiger partial charge in [0.25, 0.3) is 0 Å². The molecule has 1 aliphatic carbocycles. The van der Waals surface area contributed by atoms with Gasteiger partial charge in [0.15, 0.2) is 0 Å². The van der Waals surface area contributed by atoms with Gasteiger partial charge in [0.2, 0.25) is 0 Å². The average molecular weight is 248 g/mol. The van der Waals surface area contributed by atoms with Gasteiger partial charge in [-0.05, 0) is 63.7 Å². The van der Waals surface area contributed by atoms with E-state index in [1.165, 1.54) is 56.9 Å². The first-order chi connectivity index (χ1) is 8.71. The Morgan fingerprint density at radius 3 is 2.28 bits per heavy atom. The molecule has 0 atom stereocenters. The Kier molecular flexibility index (Phi) is 7.39. The van der Waals surface area contributed by atoms with Crippen LogP contribution in [-0.4, -0.2) is 0 Å². The zero-order valence-corrected chi connectivity index (χ0v) is 12.8. The van der Waals surface area contributed by atoms with Crippen LogP contribution in [0, 0.1) is 11.8 Å². The second kappa shape index (κ2) is 8.56. The molecule has 1 rings (SSSR count). The van der Waals surface area contributed by atoms with Crippen LogP contribution in [0.4, 0.5) is 0 Å². The third-order valence-electron chi connectivity index (χ3n) is 4.71. The first-order valence-corrected chi connectivity index (χ1v) is 8.02. The molecule has 0 heteroatoms. The largest absolute Gasteiger partial charge is 0.0999 e. The number of allylic oxidation sites excluding steroid dienone is 3. The van der Waals surface area contributed by atoms with Crippen molar-refractivity contribution in [2.75, 3.05) is 0 Å². The Hall–Kier alpha value is -0.520. The fraction of sp³-hybridized carbons (Fsp3) is 0.778. The first-order valence-electron chi connectivity index (χ1n) is 8.02. The van der Waals surface area contributed by atoms with E-state index < -0.39 is 0 Å². The second-order valence-electron chi connectivity index (χ2n) is 5.97. The fourth-order valence-corrected chi connectivity index (χ4v) is 3.31. The van der Waals surface area contributed by atoms with Crippen LogP contribution in [0.1, 0.15) is 78.6 Å². The summed E-state index contributed by atoms with van der Waals surface area (Å²) in [6, 6.07) is 0. The molecule has 0 aromatic rings. The number of rotatable bonds is 7. The van der Waals surface area contributed by atoms with E-state index in [0.29, 0.717) is 0 Å². The molecule has 0 aromatic heterocycles. The van der Waals surface area contributed by atoms with Gasteiger partial charge in [-0.2, -0.15) is 0 Å². The van der Waals surface area contributed by atoms with E-state index in [4.69, 9.17) is 0 Å². The van der Waals surface area contributed by atoms with Gasteiger partial charge in [-0.15, -0.1) is 0 Å². The SMILES string of the molecule is C=C(CC)CC/C(=C\C)C1CCC(CCC)CC1. The van der Waals surface area contributed by atoms with E-state index >= 15 is 0 Å². The standard InChI is InChI=1S/C18H32/c1-5-8-16-10-13-18(14-11-16)17(7-3)12-9-15(4)6-2/h7,16,18H,4-6,8-14H2,1-3H3/b17-7+. The highest BCUT2D eigenvalue weighted by Gasteiger charge is 2.22. The Morgan fingerprint density at radius 2 is 1.78 bits per heavy atom. The van der Waals surface area contributed by atoms with Crippen molar-refractivity contribution in [1.29, 1.82) is 0 Å². The van der Waals surface area contributed by atoms with Crippen molar-refractivity contribution in [3.8, 4) is 0 Å². The molecule has 0 aliphatic heterocycles. The molecular formula is C18H32. The Balaban J connectivity index is 2.37. The molecule has 0 bridgehead atoms. The maximum atomic E-state index is 4.13. The third kappa shape index (κ3) is 5.00. The predicted octanol–water partition coefficient (Wildman–Crippen LogP) is 6.29. The molecule has 0 amide bonds. The molecule has 0 saturated heterocycles. The maximum Gasteiger partial charge on any atom is -0.0203 e. The van der Waals surface area contributed by atoms with Crippen molar-refractivity contribution in [1.82, 2.24) is 0 Å². The van der Waals surface area contributed by atoms with Crippen LogP contribution < -0.4 is 0 Å². The lowest BCUT2D eigenvalue weighted by atomic mass is 9.76. The van der Waals surface area contributed by atoms with E-state index in [-0.39, 0.29) is 0 Å². The summed E-state index contributed by atoms with van der Waals surface area (Å²) in [6.45, 7) is 10.9. The third-order valence-corrected chi connectivity index (χ3v) is 4.71. The van der Waals surface area contributed by atoms with Crippen LogP contribution >= 0.6 is 0 Å². The molecule has 0 radical (unpaired) electrons. The van der Waals surface area contributed by atoms with Crippen molar-refractivity contribution in [2.24, 2.45) is 11.8 Å². The van der Waals surface area contributed by atoms with Crippen molar-refractivity contribution < 1.29 is 0 Å². The Labute approximate surface area is 115 Å². The highest BCUT2D eigenvalue weighted by molar-refractivity contribution is 5.10. The predicted molar refractivity (Wildman–Crippen MR) is 82.8 cm³/mol.